The summed E-state index contributed by atoms with van der Waals surface area (Å²) in [6.07, 6.45) is -0.657. The van der Waals surface area contributed by atoms with Gasteiger partial charge >= 0.3 is 6.18 Å². The third kappa shape index (κ3) is 5.20. The van der Waals surface area contributed by atoms with Gasteiger partial charge in [0.05, 0.1) is 23.5 Å². The molecule has 2 atom stereocenters. The first kappa shape index (κ1) is 23.1. The van der Waals surface area contributed by atoms with Crippen LogP contribution >= 0.6 is 0 Å². The highest BCUT2D eigenvalue weighted by Gasteiger charge is 2.34. The molecule has 0 saturated carbocycles. The predicted octanol–water partition coefficient (Wildman–Crippen LogP) is 4.23. The van der Waals surface area contributed by atoms with Gasteiger partial charge in [0.15, 0.2) is 0 Å². The molecule has 1 aliphatic carbocycles. The Hall–Kier alpha value is -2.55. The summed E-state index contributed by atoms with van der Waals surface area (Å²) in [6, 6.07) is 8.33. The van der Waals surface area contributed by atoms with Gasteiger partial charge in [-0.2, -0.15) is 13.2 Å². The minimum Gasteiger partial charge on any atom is -0.348 e. The van der Waals surface area contributed by atoms with Gasteiger partial charge in [-0.25, -0.2) is 8.42 Å². The van der Waals surface area contributed by atoms with Crippen LogP contribution in [0.4, 0.5) is 18.9 Å². The van der Waals surface area contributed by atoms with Crippen LogP contribution in [0.1, 0.15) is 48.6 Å². The molecule has 0 aliphatic heterocycles. The Kier molecular flexibility index (Phi) is 6.36. The van der Waals surface area contributed by atoms with E-state index in [1.165, 1.54) is 24.1 Å². The number of fused-ring (bicyclic) bond motifs is 1. The van der Waals surface area contributed by atoms with Gasteiger partial charge in [-0.05, 0) is 68.0 Å². The molecule has 5 nitrogen and oxygen atoms in total. The van der Waals surface area contributed by atoms with Crippen molar-refractivity contribution in [2.24, 2.45) is 0 Å². The molecule has 0 saturated heterocycles. The van der Waals surface area contributed by atoms with Crippen LogP contribution in [-0.2, 0) is 33.8 Å². The molecule has 0 radical (unpaired) electrons. The lowest BCUT2D eigenvalue weighted by molar-refractivity contribution is -0.137. The highest BCUT2D eigenvalue weighted by molar-refractivity contribution is 7.92. The lowest BCUT2D eigenvalue weighted by atomic mass is 10.0. The first-order valence-electron chi connectivity index (χ1n) is 9.96. The number of hydrogen-bond donors (Lipinski definition) is 1. The normalized spacial score (nSPS) is 15.8. The molecule has 1 amide bonds. The fourth-order valence-electron chi connectivity index (χ4n) is 3.91. The number of alkyl halides is 3. The van der Waals surface area contributed by atoms with E-state index in [-0.39, 0.29) is 11.7 Å². The summed E-state index contributed by atoms with van der Waals surface area (Å²) in [5, 5.41) is 2.79. The molecular weight excluding hydrogens is 429 g/mol. The van der Waals surface area contributed by atoms with Gasteiger partial charge < -0.3 is 5.32 Å². The number of benzene rings is 2. The Bertz CT molecular complexity index is 1080. The van der Waals surface area contributed by atoms with E-state index in [0.717, 1.165) is 49.3 Å². The van der Waals surface area contributed by atoms with E-state index in [2.05, 4.69) is 5.32 Å². The maximum absolute atomic E-state index is 13.1. The van der Waals surface area contributed by atoms with Crippen LogP contribution < -0.4 is 9.62 Å². The van der Waals surface area contributed by atoms with Crippen molar-refractivity contribution < 1.29 is 26.4 Å². The molecule has 0 spiro atoms. The highest BCUT2D eigenvalue weighted by atomic mass is 32.2. The van der Waals surface area contributed by atoms with E-state index in [4.69, 9.17) is 0 Å². The summed E-state index contributed by atoms with van der Waals surface area (Å²) in [7, 11) is -4.03. The Morgan fingerprint density at radius 1 is 1.06 bits per heavy atom. The van der Waals surface area contributed by atoms with Gasteiger partial charge in [-0.3, -0.25) is 9.10 Å². The maximum Gasteiger partial charge on any atom is 0.416 e. The smallest absolute Gasteiger partial charge is 0.348 e. The van der Waals surface area contributed by atoms with E-state index in [0.29, 0.717) is 4.31 Å². The Balaban J connectivity index is 1.83. The van der Waals surface area contributed by atoms with Gasteiger partial charge in [-0.15, -0.1) is 0 Å². The number of amides is 1. The molecular formula is C22H25F3N2O3S. The zero-order valence-corrected chi connectivity index (χ0v) is 18.3. The standard InChI is InChI=1S/C22H25F3N2O3S/c1-14(17-11-10-16-6-4-7-18(16)12-17)26-21(28)15(2)27(31(3,29)30)20-9-5-8-19(13-20)22(23,24)25/h5,8-15H,4,6-7H2,1-3H3,(H,26,28)/t14-,15+/m1/s1. The summed E-state index contributed by atoms with van der Waals surface area (Å²) >= 11 is 0. The van der Waals surface area contributed by atoms with Crippen LogP contribution in [0.5, 0.6) is 0 Å². The monoisotopic (exact) mass is 454 g/mol. The Labute approximate surface area is 180 Å². The molecule has 1 aliphatic rings. The zero-order chi connectivity index (χ0) is 23.0. The van der Waals surface area contributed by atoms with Crippen LogP contribution in [0, 0.1) is 0 Å². The van der Waals surface area contributed by atoms with E-state index in [1.807, 2.05) is 18.2 Å². The fraction of sp³-hybridized carbons (Fsp3) is 0.409. The number of carbonyl (C=O) groups excluding carboxylic acids is 1. The number of nitrogens with zero attached hydrogens (tertiary/aromatic N) is 1. The second-order valence-electron chi connectivity index (χ2n) is 7.89. The molecule has 168 valence electrons. The summed E-state index contributed by atoms with van der Waals surface area (Å²) in [6.45, 7) is 3.14. The quantitative estimate of drug-likeness (QED) is 0.711. The molecule has 31 heavy (non-hydrogen) atoms. The molecule has 0 bridgehead atoms. The topological polar surface area (TPSA) is 66.5 Å². The van der Waals surface area contributed by atoms with Gasteiger partial charge in [0, 0.05) is 0 Å². The number of aryl methyl sites for hydroxylation is 2. The van der Waals surface area contributed by atoms with Crippen LogP contribution in [0.3, 0.4) is 0 Å². The number of rotatable bonds is 6. The number of hydrogen-bond acceptors (Lipinski definition) is 3. The summed E-state index contributed by atoms with van der Waals surface area (Å²) in [4.78, 5) is 12.9. The van der Waals surface area contributed by atoms with Crippen molar-refractivity contribution in [1.82, 2.24) is 5.32 Å². The van der Waals surface area contributed by atoms with Crippen molar-refractivity contribution in [3.8, 4) is 0 Å². The van der Waals surface area contributed by atoms with E-state index in [9.17, 15) is 26.4 Å². The van der Waals surface area contributed by atoms with Gasteiger partial charge in [0.25, 0.3) is 0 Å². The number of halogens is 3. The van der Waals surface area contributed by atoms with Gasteiger partial charge in [0.1, 0.15) is 6.04 Å². The molecule has 2 aromatic carbocycles. The zero-order valence-electron chi connectivity index (χ0n) is 17.5. The Morgan fingerprint density at radius 2 is 1.74 bits per heavy atom. The van der Waals surface area contributed by atoms with Crippen molar-refractivity contribution in [3.05, 3.63) is 64.7 Å². The van der Waals surface area contributed by atoms with Gasteiger partial charge in [0.2, 0.25) is 15.9 Å². The summed E-state index contributed by atoms with van der Waals surface area (Å²) in [5.74, 6) is -0.601. The molecule has 0 unspecified atom stereocenters. The van der Waals surface area contributed by atoms with E-state index >= 15 is 0 Å². The fourth-order valence-corrected chi connectivity index (χ4v) is 5.07. The average molecular weight is 455 g/mol. The largest absolute Gasteiger partial charge is 0.416 e. The number of nitrogens with one attached hydrogen (secondary N) is 1. The third-order valence-corrected chi connectivity index (χ3v) is 6.74. The van der Waals surface area contributed by atoms with E-state index < -0.39 is 33.7 Å². The molecule has 0 aromatic heterocycles. The minimum atomic E-state index is -4.63. The summed E-state index contributed by atoms with van der Waals surface area (Å²) < 4.78 is 64.8. The minimum absolute atomic E-state index is 0.217. The van der Waals surface area contributed by atoms with Crippen molar-refractivity contribution >= 4 is 21.6 Å². The second kappa shape index (κ2) is 8.53. The van der Waals surface area contributed by atoms with E-state index in [1.54, 1.807) is 6.92 Å². The molecule has 3 rings (SSSR count). The van der Waals surface area contributed by atoms with Crippen molar-refractivity contribution in [2.75, 3.05) is 10.6 Å². The SMILES string of the molecule is C[C@@H](NC(=O)[C@H](C)N(c1cccc(C(F)(F)F)c1)S(C)(=O)=O)c1ccc2c(c1)CCC2. The van der Waals surface area contributed by atoms with Crippen molar-refractivity contribution in [1.29, 1.82) is 0 Å². The van der Waals surface area contributed by atoms with Crippen molar-refractivity contribution in [2.45, 2.75) is 51.4 Å². The van der Waals surface area contributed by atoms with Crippen LogP contribution in [-0.4, -0.2) is 26.6 Å². The molecule has 2 aromatic rings. The number of sulfonamides is 1. The highest BCUT2D eigenvalue weighted by Crippen LogP contribution is 2.33. The Morgan fingerprint density at radius 3 is 2.39 bits per heavy atom. The molecule has 0 heterocycles. The number of anilines is 1. The number of carbonyl (C=O) groups is 1. The van der Waals surface area contributed by atoms with Crippen LogP contribution in [0.15, 0.2) is 42.5 Å². The third-order valence-electron chi connectivity index (χ3n) is 5.50. The lowest BCUT2D eigenvalue weighted by Gasteiger charge is -2.29. The molecule has 1 N–H and O–H groups in total. The molecule has 0 fully saturated rings. The molecule has 9 heteroatoms. The predicted molar refractivity (Wildman–Crippen MR) is 113 cm³/mol. The first-order valence-corrected chi connectivity index (χ1v) is 11.8. The summed E-state index contributed by atoms with van der Waals surface area (Å²) in [5.41, 5.74) is 2.23. The lowest BCUT2D eigenvalue weighted by Crippen LogP contribution is -2.48. The van der Waals surface area contributed by atoms with Gasteiger partial charge in [-0.1, -0.05) is 24.3 Å². The van der Waals surface area contributed by atoms with Crippen LogP contribution in [0.25, 0.3) is 0 Å². The first-order chi connectivity index (χ1) is 14.4. The maximum atomic E-state index is 13.1. The van der Waals surface area contributed by atoms with Crippen LogP contribution in [0.2, 0.25) is 0 Å². The average Bonchev–Trinajstić information content (AvgIpc) is 3.14. The second-order valence-corrected chi connectivity index (χ2v) is 9.75. The van der Waals surface area contributed by atoms with Crippen molar-refractivity contribution in [3.63, 3.8) is 0 Å².